The van der Waals surface area contributed by atoms with Crippen LogP contribution in [0.3, 0.4) is 0 Å². The highest BCUT2D eigenvalue weighted by atomic mass is 32.3. The van der Waals surface area contributed by atoms with E-state index < -0.39 is 59.8 Å². The Morgan fingerprint density at radius 3 is 1.64 bits per heavy atom. The molecule has 6 unspecified atom stereocenters. The maximum absolute atomic E-state index is 12.7. The van der Waals surface area contributed by atoms with Crippen molar-refractivity contribution in [3.63, 3.8) is 0 Å². The number of allylic oxidation sites excluding steroid dienone is 2. The van der Waals surface area contributed by atoms with Gasteiger partial charge in [0.25, 0.3) is 0 Å². The lowest BCUT2D eigenvalue weighted by Crippen LogP contribution is -2.60. The molecule has 12 nitrogen and oxygen atoms in total. The van der Waals surface area contributed by atoms with E-state index in [-0.39, 0.29) is 19.6 Å². The zero-order chi connectivity index (χ0) is 40.4. The Kier molecular flexibility index (Phi) is 32.9. The van der Waals surface area contributed by atoms with Crippen LogP contribution >= 0.6 is 0 Å². The molecule has 4 N–H and O–H groups in total. The van der Waals surface area contributed by atoms with Crippen LogP contribution in [0.4, 0.5) is 0 Å². The zero-order valence-corrected chi connectivity index (χ0v) is 35.3. The van der Waals surface area contributed by atoms with E-state index in [2.05, 4.69) is 30.2 Å². The molecule has 1 heterocycles. The maximum Gasteiger partial charge on any atom is 0.397 e. The SMILES string of the molecule is CCCCCCCCC/C=C\CCCCCCCCCCOCC(COC1OC(CO)C(O)C(OS(=O)(=O)O)C1O)OC(=O)CCCCCCCCCCC. The Bertz CT molecular complexity index is 1030. The predicted molar refractivity (Wildman–Crippen MR) is 216 cm³/mol. The Hall–Kier alpha value is -1.16. The molecule has 0 aromatic rings. The van der Waals surface area contributed by atoms with E-state index in [1.807, 2.05) is 0 Å². The summed E-state index contributed by atoms with van der Waals surface area (Å²) in [5, 5.41) is 30.6. The molecule has 13 heteroatoms. The molecule has 0 aromatic carbocycles. The lowest BCUT2D eigenvalue weighted by Gasteiger charge is -2.41. The molecule has 0 radical (unpaired) electrons. The Labute approximate surface area is 334 Å². The molecule has 1 fully saturated rings. The largest absolute Gasteiger partial charge is 0.457 e. The summed E-state index contributed by atoms with van der Waals surface area (Å²) in [4.78, 5) is 12.7. The van der Waals surface area contributed by atoms with Crippen LogP contribution < -0.4 is 0 Å². The first kappa shape index (κ1) is 51.9. The van der Waals surface area contributed by atoms with Crippen molar-refractivity contribution in [1.82, 2.24) is 0 Å². The van der Waals surface area contributed by atoms with Crippen molar-refractivity contribution >= 4 is 16.4 Å². The number of rotatable bonds is 38. The number of aliphatic hydroxyl groups excluding tert-OH is 3. The van der Waals surface area contributed by atoms with Crippen LogP contribution in [0.15, 0.2) is 12.2 Å². The van der Waals surface area contributed by atoms with E-state index in [9.17, 15) is 28.5 Å². The molecule has 1 aliphatic heterocycles. The third kappa shape index (κ3) is 28.8. The van der Waals surface area contributed by atoms with Gasteiger partial charge < -0.3 is 34.3 Å². The minimum Gasteiger partial charge on any atom is -0.457 e. The van der Waals surface area contributed by atoms with Gasteiger partial charge in [0, 0.05) is 13.0 Å². The minimum atomic E-state index is -5.05. The lowest BCUT2D eigenvalue weighted by molar-refractivity contribution is -0.301. The molecule has 0 aromatic heterocycles. The number of hydrogen-bond donors (Lipinski definition) is 4. The molecule has 1 aliphatic rings. The molecular weight excluding hydrogens is 729 g/mol. The normalized spacial score (nSPS) is 21.0. The highest BCUT2D eigenvalue weighted by Gasteiger charge is 2.48. The van der Waals surface area contributed by atoms with Crippen LogP contribution in [-0.4, -0.2) is 97.5 Å². The summed E-state index contributed by atoms with van der Waals surface area (Å²) in [5.41, 5.74) is 0. The van der Waals surface area contributed by atoms with Gasteiger partial charge in [-0.1, -0.05) is 154 Å². The summed E-state index contributed by atoms with van der Waals surface area (Å²) in [6, 6.07) is 0. The van der Waals surface area contributed by atoms with E-state index in [1.54, 1.807) is 0 Å². The van der Waals surface area contributed by atoms with E-state index >= 15 is 0 Å². The van der Waals surface area contributed by atoms with Crippen molar-refractivity contribution < 1.29 is 56.2 Å². The van der Waals surface area contributed by atoms with E-state index in [0.717, 1.165) is 38.5 Å². The smallest absolute Gasteiger partial charge is 0.397 e. The molecule has 1 rings (SSSR count). The average molecular weight is 809 g/mol. The highest BCUT2D eigenvalue weighted by Crippen LogP contribution is 2.26. The summed E-state index contributed by atoms with van der Waals surface area (Å²) < 4.78 is 58.9. The molecule has 1 saturated heterocycles. The van der Waals surface area contributed by atoms with Crippen molar-refractivity contribution in [1.29, 1.82) is 0 Å². The highest BCUT2D eigenvalue weighted by molar-refractivity contribution is 7.80. The predicted octanol–water partition coefficient (Wildman–Crippen LogP) is 8.69. The number of aliphatic hydroxyl groups is 3. The van der Waals surface area contributed by atoms with Gasteiger partial charge in [0.2, 0.25) is 0 Å². The van der Waals surface area contributed by atoms with Crippen LogP contribution in [0.25, 0.3) is 0 Å². The Morgan fingerprint density at radius 2 is 1.15 bits per heavy atom. The number of unbranched alkanes of at least 4 members (excludes halogenated alkanes) is 23. The quantitative estimate of drug-likeness (QED) is 0.0202. The van der Waals surface area contributed by atoms with E-state index in [1.165, 1.54) is 122 Å². The van der Waals surface area contributed by atoms with Gasteiger partial charge in [0.05, 0.1) is 19.8 Å². The average Bonchev–Trinajstić information content (AvgIpc) is 3.15. The second-order valence-corrected chi connectivity index (χ2v) is 16.3. The van der Waals surface area contributed by atoms with Gasteiger partial charge in [-0.15, -0.1) is 0 Å². The van der Waals surface area contributed by atoms with E-state index in [4.69, 9.17) is 23.5 Å². The fraction of sp³-hybridized carbons (Fsp3) is 0.929. The first-order chi connectivity index (χ1) is 26.6. The van der Waals surface area contributed by atoms with Crippen LogP contribution in [0.1, 0.15) is 187 Å². The summed E-state index contributed by atoms with van der Waals surface area (Å²) >= 11 is 0. The van der Waals surface area contributed by atoms with Crippen LogP contribution in [0.2, 0.25) is 0 Å². The van der Waals surface area contributed by atoms with Crippen molar-refractivity contribution in [3.8, 4) is 0 Å². The summed E-state index contributed by atoms with van der Waals surface area (Å²) in [5.74, 6) is -0.402. The Morgan fingerprint density at radius 1 is 0.673 bits per heavy atom. The number of esters is 1. The molecule has 6 atom stereocenters. The van der Waals surface area contributed by atoms with Gasteiger partial charge in [0.1, 0.15) is 30.5 Å². The van der Waals surface area contributed by atoms with Crippen LogP contribution in [-0.2, 0) is 38.3 Å². The third-order valence-electron chi connectivity index (χ3n) is 10.1. The zero-order valence-electron chi connectivity index (χ0n) is 34.5. The van der Waals surface area contributed by atoms with Gasteiger partial charge in [0.15, 0.2) is 6.29 Å². The van der Waals surface area contributed by atoms with Crippen molar-refractivity contribution in [3.05, 3.63) is 12.2 Å². The number of carbonyl (C=O) groups excluding carboxylic acids is 1. The molecule has 0 aliphatic carbocycles. The monoisotopic (exact) mass is 809 g/mol. The second kappa shape index (κ2) is 34.8. The summed E-state index contributed by atoms with van der Waals surface area (Å²) in [6.45, 7) is 3.96. The number of carbonyl (C=O) groups is 1. The molecule has 0 amide bonds. The molecule has 0 saturated carbocycles. The lowest BCUT2D eigenvalue weighted by atomic mass is 9.99. The topological polar surface area (TPSA) is 178 Å². The first-order valence-corrected chi connectivity index (χ1v) is 23.3. The first-order valence-electron chi connectivity index (χ1n) is 21.9. The molecule has 55 heavy (non-hydrogen) atoms. The third-order valence-corrected chi connectivity index (χ3v) is 10.6. The van der Waals surface area contributed by atoms with Crippen molar-refractivity contribution in [2.24, 2.45) is 0 Å². The van der Waals surface area contributed by atoms with Gasteiger partial charge in [-0.05, 0) is 38.5 Å². The van der Waals surface area contributed by atoms with Crippen molar-refractivity contribution in [2.75, 3.05) is 26.4 Å². The second-order valence-electron chi connectivity index (χ2n) is 15.3. The summed E-state index contributed by atoms with van der Waals surface area (Å²) in [6.07, 6.45) is 26.9. The maximum atomic E-state index is 12.7. The minimum absolute atomic E-state index is 0.0385. The van der Waals surface area contributed by atoms with Gasteiger partial charge in [-0.2, -0.15) is 8.42 Å². The van der Waals surface area contributed by atoms with Crippen LogP contribution in [0.5, 0.6) is 0 Å². The van der Waals surface area contributed by atoms with Crippen LogP contribution in [0, 0.1) is 0 Å². The molecule has 0 spiro atoms. The fourth-order valence-electron chi connectivity index (χ4n) is 6.78. The fourth-order valence-corrected chi connectivity index (χ4v) is 7.29. The Balaban J connectivity index is 2.38. The van der Waals surface area contributed by atoms with Crippen molar-refractivity contribution in [2.45, 2.75) is 224 Å². The standard InChI is InChI=1S/C42H80O12S/c1-3-5-7-9-11-13-14-15-16-17-18-19-20-21-22-24-26-28-30-32-50-34-36(52-38(44)31-29-27-25-23-12-10-8-6-4-2)35-51-42-40(46)41(54-55(47,48)49)39(45)37(33-43)53-42/h16-17,36-37,39-43,45-46H,3-15,18-35H2,1-2H3,(H,47,48,49)/b17-16-. The summed E-state index contributed by atoms with van der Waals surface area (Å²) in [7, 11) is -5.05. The number of ether oxygens (including phenoxy) is 4. The molecule has 326 valence electrons. The van der Waals surface area contributed by atoms with Gasteiger partial charge >= 0.3 is 16.4 Å². The molecule has 0 bridgehead atoms. The molecular formula is C42H80O12S. The van der Waals surface area contributed by atoms with Gasteiger partial charge in [-0.25, -0.2) is 4.18 Å². The number of hydrogen-bond acceptors (Lipinski definition) is 11. The van der Waals surface area contributed by atoms with E-state index in [0.29, 0.717) is 13.0 Å². The van der Waals surface area contributed by atoms with Gasteiger partial charge in [-0.3, -0.25) is 9.35 Å².